The van der Waals surface area contributed by atoms with Crippen molar-refractivity contribution in [3.05, 3.63) is 34.3 Å². The highest BCUT2D eigenvalue weighted by Crippen LogP contribution is 2.16. The molecule has 0 aliphatic carbocycles. The first-order valence-electron chi connectivity index (χ1n) is 4.68. The molecule has 0 bridgehead atoms. The van der Waals surface area contributed by atoms with Gasteiger partial charge in [0.25, 0.3) is 0 Å². The second-order valence-electron chi connectivity index (χ2n) is 3.11. The van der Waals surface area contributed by atoms with Crippen molar-refractivity contribution in [2.24, 2.45) is 0 Å². The standard InChI is InChI=1S/C12H10Cl2O2/c13-6-2-1-3-9-7-11(14)5-4-10(9)8-12(15)16/h4-5,7H,2,6,8H2,(H,15,16). The number of alkyl halides is 1. The number of carboxylic acids is 1. The maximum atomic E-state index is 10.6. The summed E-state index contributed by atoms with van der Waals surface area (Å²) in [4.78, 5) is 10.6. The Morgan fingerprint density at radius 2 is 2.19 bits per heavy atom. The molecule has 16 heavy (non-hydrogen) atoms. The molecule has 0 unspecified atom stereocenters. The van der Waals surface area contributed by atoms with Gasteiger partial charge in [-0.2, -0.15) is 0 Å². The van der Waals surface area contributed by atoms with Gasteiger partial charge >= 0.3 is 5.97 Å². The topological polar surface area (TPSA) is 37.3 Å². The van der Waals surface area contributed by atoms with Crippen LogP contribution in [-0.2, 0) is 11.2 Å². The smallest absolute Gasteiger partial charge is 0.307 e. The van der Waals surface area contributed by atoms with E-state index in [2.05, 4.69) is 11.8 Å². The van der Waals surface area contributed by atoms with Crippen LogP contribution in [0.2, 0.25) is 5.02 Å². The Balaban J connectivity index is 2.99. The van der Waals surface area contributed by atoms with Crippen LogP contribution in [0.15, 0.2) is 18.2 Å². The maximum Gasteiger partial charge on any atom is 0.307 e. The first-order chi connectivity index (χ1) is 7.63. The molecule has 2 nitrogen and oxygen atoms in total. The quantitative estimate of drug-likeness (QED) is 0.667. The number of benzene rings is 1. The van der Waals surface area contributed by atoms with Crippen LogP contribution in [0.4, 0.5) is 0 Å². The molecular weight excluding hydrogens is 247 g/mol. The molecule has 84 valence electrons. The van der Waals surface area contributed by atoms with E-state index in [1.165, 1.54) is 0 Å². The van der Waals surface area contributed by atoms with E-state index in [9.17, 15) is 4.79 Å². The fourth-order valence-corrected chi connectivity index (χ4v) is 1.45. The van der Waals surface area contributed by atoms with Crippen LogP contribution in [0.3, 0.4) is 0 Å². The summed E-state index contributed by atoms with van der Waals surface area (Å²) in [6.07, 6.45) is 0.517. The van der Waals surface area contributed by atoms with E-state index in [-0.39, 0.29) is 6.42 Å². The zero-order valence-electron chi connectivity index (χ0n) is 8.46. The van der Waals surface area contributed by atoms with Crippen molar-refractivity contribution in [2.45, 2.75) is 12.8 Å². The molecule has 0 spiro atoms. The second-order valence-corrected chi connectivity index (χ2v) is 3.93. The summed E-state index contributed by atoms with van der Waals surface area (Å²) in [5, 5.41) is 9.28. The lowest BCUT2D eigenvalue weighted by Crippen LogP contribution is -2.02. The number of hydrogen-bond acceptors (Lipinski definition) is 1. The van der Waals surface area contributed by atoms with Gasteiger partial charge in [0.15, 0.2) is 0 Å². The molecule has 0 aliphatic rings. The van der Waals surface area contributed by atoms with Crippen molar-refractivity contribution in [3.8, 4) is 11.8 Å². The number of aliphatic carboxylic acids is 1. The largest absolute Gasteiger partial charge is 0.481 e. The zero-order chi connectivity index (χ0) is 12.0. The van der Waals surface area contributed by atoms with E-state index in [4.69, 9.17) is 28.3 Å². The van der Waals surface area contributed by atoms with Gasteiger partial charge in [-0.3, -0.25) is 4.79 Å². The van der Waals surface area contributed by atoms with E-state index in [1.807, 2.05) is 0 Å². The third-order valence-corrected chi connectivity index (χ3v) is 2.28. The molecule has 1 N–H and O–H groups in total. The van der Waals surface area contributed by atoms with Gasteiger partial charge in [0.1, 0.15) is 0 Å². The summed E-state index contributed by atoms with van der Waals surface area (Å²) < 4.78 is 0. The van der Waals surface area contributed by atoms with Gasteiger partial charge in [0.05, 0.1) is 6.42 Å². The van der Waals surface area contributed by atoms with E-state index in [1.54, 1.807) is 18.2 Å². The Bertz CT molecular complexity index is 444. The van der Waals surface area contributed by atoms with Crippen LogP contribution >= 0.6 is 23.2 Å². The average molecular weight is 257 g/mol. The summed E-state index contributed by atoms with van der Waals surface area (Å²) in [6.45, 7) is 0. The molecule has 0 aromatic heterocycles. The number of hydrogen-bond donors (Lipinski definition) is 1. The van der Waals surface area contributed by atoms with Crippen molar-refractivity contribution >= 4 is 29.2 Å². The molecule has 0 amide bonds. The van der Waals surface area contributed by atoms with E-state index in [0.29, 0.717) is 28.5 Å². The van der Waals surface area contributed by atoms with Gasteiger partial charge in [-0.05, 0) is 17.7 Å². The van der Waals surface area contributed by atoms with Crippen LogP contribution in [-0.4, -0.2) is 17.0 Å². The van der Waals surface area contributed by atoms with Gasteiger partial charge < -0.3 is 5.11 Å². The number of carboxylic acid groups (broad SMARTS) is 1. The molecule has 0 aliphatic heterocycles. The Morgan fingerprint density at radius 1 is 1.44 bits per heavy atom. The van der Waals surface area contributed by atoms with Gasteiger partial charge in [-0.15, -0.1) is 11.6 Å². The van der Waals surface area contributed by atoms with Gasteiger partial charge in [-0.25, -0.2) is 0 Å². The minimum absolute atomic E-state index is 0.0535. The SMILES string of the molecule is O=C(O)Cc1ccc(Cl)cc1C#CCCCl. The highest BCUT2D eigenvalue weighted by Gasteiger charge is 2.05. The van der Waals surface area contributed by atoms with Gasteiger partial charge in [0, 0.05) is 22.9 Å². The molecule has 1 aromatic rings. The van der Waals surface area contributed by atoms with E-state index in [0.717, 1.165) is 0 Å². The lowest BCUT2D eigenvalue weighted by Gasteiger charge is -2.01. The summed E-state index contributed by atoms with van der Waals surface area (Å²) >= 11 is 11.3. The van der Waals surface area contributed by atoms with Crippen LogP contribution < -0.4 is 0 Å². The molecule has 4 heteroatoms. The molecule has 0 radical (unpaired) electrons. The Labute approximate surface area is 104 Å². The molecule has 1 rings (SSSR count). The van der Waals surface area contributed by atoms with Gasteiger partial charge in [-0.1, -0.05) is 29.5 Å². The molecule has 0 fully saturated rings. The molecular formula is C12H10Cl2O2. The summed E-state index contributed by atoms with van der Waals surface area (Å²) in [5.74, 6) is 5.31. The highest BCUT2D eigenvalue weighted by molar-refractivity contribution is 6.30. The van der Waals surface area contributed by atoms with E-state index >= 15 is 0 Å². The zero-order valence-corrected chi connectivity index (χ0v) is 9.98. The lowest BCUT2D eigenvalue weighted by atomic mass is 10.0. The number of rotatable bonds is 3. The van der Waals surface area contributed by atoms with Crippen LogP contribution in [0.25, 0.3) is 0 Å². The van der Waals surface area contributed by atoms with Crippen molar-refractivity contribution in [1.29, 1.82) is 0 Å². The molecule has 1 aromatic carbocycles. The number of halogens is 2. The average Bonchev–Trinajstić information content (AvgIpc) is 2.22. The predicted octanol–water partition coefficient (Wildman–Crippen LogP) is 2.95. The summed E-state index contributed by atoms with van der Waals surface area (Å²) in [7, 11) is 0. The third kappa shape index (κ3) is 4.14. The van der Waals surface area contributed by atoms with Crippen molar-refractivity contribution in [3.63, 3.8) is 0 Å². The van der Waals surface area contributed by atoms with Gasteiger partial charge in [0.2, 0.25) is 0 Å². The monoisotopic (exact) mass is 256 g/mol. The summed E-state index contributed by atoms with van der Waals surface area (Å²) in [6, 6.07) is 5.01. The Hall–Kier alpha value is -1.17. The second kappa shape index (κ2) is 6.42. The third-order valence-electron chi connectivity index (χ3n) is 1.86. The predicted molar refractivity (Wildman–Crippen MR) is 65.0 cm³/mol. The molecule has 0 saturated heterocycles. The van der Waals surface area contributed by atoms with Crippen LogP contribution in [0.5, 0.6) is 0 Å². The fraction of sp³-hybridized carbons (Fsp3) is 0.250. The van der Waals surface area contributed by atoms with Crippen molar-refractivity contribution in [1.82, 2.24) is 0 Å². The van der Waals surface area contributed by atoms with E-state index < -0.39 is 5.97 Å². The summed E-state index contributed by atoms with van der Waals surface area (Å²) in [5.41, 5.74) is 1.32. The first kappa shape index (κ1) is 12.9. The first-order valence-corrected chi connectivity index (χ1v) is 5.60. The number of carbonyl (C=O) groups is 1. The molecule has 0 saturated carbocycles. The minimum atomic E-state index is -0.886. The highest BCUT2D eigenvalue weighted by atomic mass is 35.5. The normalized spacial score (nSPS) is 9.38. The molecule has 0 heterocycles. The minimum Gasteiger partial charge on any atom is -0.481 e. The van der Waals surface area contributed by atoms with Crippen molar-refractivity contribution < 1.29 is 9.90 Å². The Morgan fingerprint density at radius 3 is 2.81 bits per heavy atom. The Kier molecular flexibility index (Phi) is 5.18. The lowest BCUT2D eigenvalue weighted by molar-refractivity contribution is -0.136. The van der Waals surface area contributed by atoms with Crippen LogP contribution in [0.1, 0.15) is 17.5 Å². The molecule has 0 atom stereocenters. The fourth-order valence-electron chi connectivity index (χ4n) is 1.19. The van der Waals surface area contributed by atoms with Crippen molar-refractivity contribution in [2.75, 3.05) is 5.88 Å². The maximum absolute atomic E-state index is 10.6. The van der Waals surface area contributed by atoms with Crippen LogP contribution in [0, 0.1) is 11.8 Å².